The number of halogens is 1. The Labute approximate surface area is 186 Å². The average molecular weight is 428 g/mol. The first-order chi connectivity index (χ1) is 15.0. The fourth-order valence-corrected chi connectivity index (χ4v) is 4.36. The Morgan fingerprint density at radius 3 is 2.58 bits per heavy atom. The predicted molar refractivity (Wildman–Crippen MR) is 125 cm³/mol. The third-order valence-corrected chi connectivity index (χ3v) is 6.03. The lowest BCUT2D eigenvalue weighted by Gasteiger charge is -2.25. The zero-order valence-electron chi connectivity index (χ0n) is 17.0. The van der Waals surface area contributed by atoms with E-state index in [1.54, 1.807) is 19.1 Å². The zero-order valence-corrected chi connectivity index (χ0v) is 17.7. The van der Waals surface area contributed by atoms with E-state index < -0.39 is 7.12 Å². The van der Waals surface area contributed by atoms with E-state index in [0.29, 0.717) is 34.2 Å². The fraction of sp³-hybridized carbons (Fsp3) is 0.120. The van der Waals surface area contributed by atoms with Crippen LogP contribution in [0.15, 0.2) is 78.3 Å². The molecular weight excluding hydrogens is 409 g/mol. The molecule has 0 radical (unpaired) electrons. The van der Waals surface area contributed by atoms with Gasteiger partial charge < -0.3 is 9.31 Å². The molecule has 0 aliphatic carbocycles. The number of hydrogen-bond acceptors (Lipinski definition) is 4. The molecule has 2 bridgehead atoms. The van der Waals surface area contributed by atoms with Gasteiger partial charge in [0.05, 0.1) is 5.71 Å². The maximum absolute atomic E-state index is 11.7. The van der Waals surface area contributed by atoms with Crippen molar-refractivity contribution in [2.24, 2.45) is 4.99 Å². The normalized spacial score (nSPS) is 16.5. The highest BCUT2D eigenvalue weighted by Crippen LogP contribution is 2.47. The van der Waals surface area contributed by atoms with Crippen molar-refractivity contribution in [3.05, 3.63) is 95.0 Å². The number of hydrogen-bond donors (Lipinski definition) is 0. The molecule has 31 heavy (non-hydrogen) atoms. The highest BCUT2D eigenvalue weighted by Gasteiger charge is 2.34. The molecular formula is C25H19BClNO3. The lowest BCUT2D eigenvalue weighted by atomic mass is 9.78. The number of benzene rings is 3. The summed E-state index contributed by atoms with van der Waals surface area (Å²) in [5, 5.41) is 0.644. The van der Waals surface area contributed by atoms with Crippen molar-refractivity contribution in [2.75, 3.05) is 0 Å². The van der Waals surface area contributed by atoms with E-state index in [1.807, 2.05) is 54.6 Å². The summed E-state index contributed by atoms with van der Waals surface area (Å²) in [6.45, 7) is 5.56. The molecule has 0 fully saturated rings. The van der Waals surface area contributed by atoms with Crippen molar-refractivity contribution in [3.8, 4) is 11.5 Å². The number of allylic oxidation sites excluding steroid dienone is 1. The smallest absolute Gasteiger partial charge is 0.521 e. The van der Waals surface area contributed by atoms with Crippen molar-refractivity contribution in [2.45, 2.75) is 19.3 Å². The molecule has 0 spiro atoms. The van der Waals surface area contributed by atoms with Crippen LogP contribution >= 0.6 is 11.6 Å². The number of para-hydroxylation sites is 1. The molecule has 0 saturated heterocycles. The van der Waals surface area contributed by atoms with Gasteiger partial charge in [-0.25, -0.2) is 4.99 Å². The summed E-state index contributed by atoms with van der Waals surface area (Å²) >= 11 is 6.56. The van der Waals surface area contributed by atoms with Crippen LogP contribution in [0.5, 0.6) is 11.5 Å². The summed E-state index contributed by atoms with van der Waals surface area (Å²) in [7, 11) is -0.718. The molecule has 2 aliphatic heterocycles. The monoisotopic (exact) mass is 427 g/mol. The van der Waals surface area contributed by atoms with Crippen molar-refractivity contribution in [3.63, 3.8) is 0 Å². The number of nitrogens with zero attached hydrogens (tertiary/aromatic N) is 1. The molecule has 152 valence electrons. The number of fused-ring (bicyclic) bond motifs is 2. The van der Waals surface area contributed by atoms with Crippen LogP contribution in [-0.4, -0.2) is 18.6 Å². The topological polar surface area (TPSA) is 47.9 Å². The van der Waals surface area contributed by atoms with Crippen LogP contribution in [0, 0.1) is 0 Å². The number of rotatable bonds is 3. The minimum atomic E-state index is -0.718. The Hall–Kier alpha value is -3.31. The van der Waals surface area contributed by atoms with Crippen LogP contribution in [0.4, 0.5) is 5.69 Å². The largest absolute Gasteiger partial charge is 0.632 e. The number of aliphatic imine (C=N–C) groups is 1. The average Bonchev–Trinajstić information content (AvgIpc) is 2.85. The van der Waals surface area contributed by atoms with Crippen LogP contribution in [0.1, 0.15) is 40.7 Å². The summed E-state index contributed by atoms with van der Waals surface area (Å²) in [6, 6.07) is 18.7. The quantitative estimate of drug-likeness (QED) is 0.315. The zero-order chi connectivity index (χ0) is 21.5. The summed E-state index contributed by atoms with van der Waals surface area (Å²) in [5.41, 5.74) is 4.89. The van der Waals surface area contributed by atoms with Crippen LogP contribution in [0.2, 0.25) is 5.02 Å². The lowest BCUT2D eigenvalue weighted by molar-refractivity contribution is 0.101. The summed E-state index contributed by atoms with van der Waals surface area (Å²) in [4.78, 5) is 16.6. The van der Waals surface area contributed by atoms with E-state index in [9.17, 15) is 4.79 Å². The third kappa shape index (κ3) is 3.45. The molecule has 6 heteroatoms. The second-order valence-electron chi connectivity index (χ2n) is 7.65. The van der Waals surface area contributed by atoms with Gasteiger partial charge in [-0.15, -0.1) is 6.58 Å². The summed E-state index contributed by atoms with van der Waals surface area (Å²) in [5.74, 6) is 1.32. The first-order valence-electron chi connectivity index (χ1n) is 10.1. The molecule has 5 rings (SSSR count). The number of carbonyl (C=O) groups is 1. The number of carbonyl (C=O) groups excluding carboxylic acids is 1. The van der Waals surface area contributed by atoms with Gasteiger partial charge >= 0.3 is 7.12 Å². The van der Waals surface area contributed by atoms with E-state index in [2.05, 4.69) is 6.58 Å². The minimum absolute atomic E-state index is 0.0113. The van der Waals surface area contributed by atoms with Crippen molar-refractivity contribution in [1.29, 1.82) is 0 Å². The van der Waals surface area contributed by atoms with Gasteiger partial charge in [-0.05, 0) is 31.2 Å². The maximum Gasteiger partial charge on any atom is 0.632 e. The molecule has 4 nitrogen and oxygen atoms in total. The Bertz CT molecular complexity index is 1240. The van der Waals surface area contributed by atoms with Crippen LogP contribution in [0.25, 0.3) is 0 Å². The molecule has 3 aromatic carbocycles. The second-order valence-corrected chi connectivity index (χ2v) is 8.06. The van der Waals surface area contributed by atoms with E-state index >= 15 is 0 Å². The molecule has 3 aromatic rings. The van der Waals surface area contributed by atoms with Gasteiger partial charge in [0.1, 0.15) is 17.2 Å². The van der Waals surface area contributed by atoms with Crippen LogP contribution < -0.4 is 14.8 Å². The van der Waals surface area contributed by atoms with Crippen molar-refractivity contribution in [1.82, 2.24) is 0 Å². The molecule has 1 atom stereocenters. The molecule has 0 aromatic heterocycles. The lowest BCUT2D eigenvalue weighted by Crippen LogP contribution is -2.42. The van der Waals surface area contributed by atoms with E-state index in [0.717, 1.165) is 22.3 Å². The van der Waals surface area contributed by atoms with Crippen LogP contribution in [-0.2, 0) is 0 Å². The molecule has 1 unspecified atom stereocenters. The molecule has 2 aliphatic rings. The van der Waals surface area contributed by atoms with Crippen LogP contribution in [0.3, 0.4) is 0 Å². The highest BCUT2D eigenvalue weighted by molar-refractivity contribution is 6.63. The standard InChI is InChI=1S/C25H19BClNO3/c1-3-16-14-21-19-6-4-5-7-22(19)30-26(18-10-8-17(9-11-18)15(2)29)31-23-13-12-20(27)24(16)25(23)28-21/h3-13,16H,1,14H2,2H3. The Morgan fingerprint density at radius 2 is 1.84 bits per heavy atom. The molecule has 0 N–H and O–H groups in total. The van der Waals surface area contributed by atoms with Gasteiger partial charge in [-0.3, -0.25) is 4.79 Å². The first-order valence-corrected chi connectivity index (χ1v) is 10.5. The molecule has 2 heterocycles. The van der Waals surface area contributed by atoms with Gasteiger partial charge in [0.15, 0.2) is 5.78 Å². The third-order valence-electron chi connectivity index (χ3n) is 5.70. The Morgan fingerprint density at radius 1 is 1.10 bits per heavy atom. The van der Waals surface area contributed by atoms with Gasteiger partial charge in [0.25, 0.3) is 0 Å². The van der Waals surface area contributed by atoms with Gasteiger partial charge in [-0.1, -0.05) is 54.1 Å². The van der Waals surface area contributed by atoms with Gasteiger partial charge in [0.2, 0.25) is 0 Å². The van der Waals surface area contributed by atoms with Crippen molar-refractivity contribution >= 4 is 41.4 Å². The number of ketones is 1. The fourth-order valence-electron chi connectivity index (χ4n) is 4.06. The summed E-state index contributed by atoms with van der Waals surface area (Å²) < 4.78 is 12.7. The van der Waals surface area contributed by atoms with E-state index in [4.69, 9.17) is 25.9 Å². The van der Waals surface area contributed by atoms with Crippen molar-refractivity contribution < 1.29 is 14.1 Å². The first kappa shape index (κ1) is 19.6. The van der Waals surface area contributed by atoms with Gasteiger partial charge in [0, 0.05) is 39.5 Å². The highest BCUT2D eigenvalue weighted by atomic mass is 35.5. The molecule has 0 saturated carbocycles. The SMILES string of the molecule is C=CC1CC2=Nc3c(ccc(Cl)c31)OB(c1ccc(C(C)=O)cc1)Oc1ccccc12. The van der Waals surface area contributed by atoms with Gasteiger partial charge in [-0.2, -0.15) is 0 Å². The Kier molecular flexibility index (Phi) is 4.91. The maximum atomic E-state index is 11.7. The predicted octanol–water partition coefficient (Wildman–Crippen LogP) is 5.50. The summed E-state index contributed by atoms with van der Waals surface area (Å²) in [6.07, 6.45) is 2.58. The Balaban J connectivity index is 1.70. The molecule has 0 amide bonds. The second kappa shape index (κ2) is 7.75. The number of Topliss-reactive ketones (excluding diaryl/α,β-unsaturated/α-hetero) is 1. The van der Waals surface area contributed by atoms with E-state index in [-0.39, 0.29) is 11.7 Å². The minimum Gasteiger partial charge on any atom is -0.521 e. The van der Waals surface area contributed by atoms with E-state index in [1.165, 1.54) is 0 Å².